The van der Waals surface area contributed by atoms with Crippen molar-refractivity contribution in [2.75, 3.05) is 20.2 Å². The van der Waals surface area contributed by atoms with Crippen LogP contribution in [0.5, 0.6) is 5.75 Å². The predicted molar refractivity (Wildman–Crippen MR) is 72.1 cm³/mol. The summed E-state index contributed by atoms with van der Waals surface area (Å²) in [4.78, 5) is 24.8. The molecule has 0 aliphatic carbocycles. The van der Waals surface area contributed by atoms with Crippen molar-refractivity contribution < 1.29 is 14.3 Å². The molecule has 0 aromatic heterocycles. The molecular weight excluding hydrogens is 242 g/mol. The molecule has 0 bridgehead atoms. The minimum atomic E-state index is 0.00793. The molecule has 102 valence electrons. The molecule has 0 radical (unpaired) electrons. The van der Waals surface area contributed by atoms with E-state index in [0.29, 0.717) is 13.0 Å². The lowest BCUT2D eigenvalue weighted by Gasteiger charge is -2.30. The van der Waals surface area contributed by atoms with Crippen LogP contribution in [0.1, 0.15) is 18.4 Å². The zero-order chi connectivity index (χ0) is 13.7. The molecular formula is C15H19NO3. The Morgan fingerprint density at radius 2 is 2.16 bits per heavy atom. The number of hydrogen-bond donors (Lipinski definition) is 0. The Bertz CT molecular complexity index is 441. The van der Waals surface area contributed by atoms with Gasteiger partial charge in [0.1, 0.15) is 12.0 Å². The molecule has 1 unspecified atom stereocenters. The van der Waals surface area contributed by atoms with E-state index in [4.69, 9.17) is 4.74 Å². The van der Waals surface area contributed by atoms with E-state index in [1.54, 1.807) is 12.0 Å². The summed E-state index contributed by atoms with van der Waals surface area (Å²) in [6.07, 6.45) is 3.16. The molecule has 1 aromatic carbocycles. The highest BCUT2D eigenvalue weighted by Crippen LogP contribution is 2.17. The first-order valence-corrected chi connectivity index (χ1v) is 6.59. The number of likely N-dealkylation sites (tertiary alicyclic amines) is 1. The first-order chi connectivity index (χ1) is 9.22. The summed E-state index contributed by atoms with van der Waals surface area (Å²) in [6, 6.07) is 7.51. The lowest BCUT2D eigenvalue weighted by Crippen LogP contribution is -2.41. The molecule has 0 spiro atoms. The van der Waals surface area contributed by atoms with Crippen LogP contribution in [0.3, 0.4) is 0 Å². The van der Waals surface area contributed by atoms with Gasteiger partial charge in [-0.2, -0.15) is 0 Å². The topological polar surface area (TPSA) is 46.6 Å². The summed E-state index contributed by atoms with van der Waals surface area (Å²) >= 11 is 0. The van der Waals surface area contributed by atoms with E-state index in [0.717, 1.165) is 37.0 Å². The molecule has 1 fully saturated rings. The second-order valence-corrected chi connectivity index (χ2v) is 4.90. The van der Waals surface area contributed by atoms with Gasteiger partial charge in [0.15, 0.2) is 0 Å². The highest BCUT2D eigenvalue weighted by Gasteiger charge is 2.23. The fourth-order valence-electron chi connectivity index (χ4n) is 2.38. The number of hydrogen-bond acceptors (Lipinski definition) is 3. The molecule has 19 heavy (non-hydrogen) atoms. The molecule has 1 aromatic rings. The quantitative estimate of drug-likeness (QED) is 0.775. The highest BCUT2D eigenvalue weighted by atomic mass is 16.5. The lowest BCUT2D eigenvalue weighted by atomic mass is 9.99. The predicted octanol–water partition coefficient (Wildman–Crippen LogP) is 1.68. The summed E-state index contributed by atoms with van der Waals surface area (Å²) in [5.41, 5.74) is 0.971. The van der Waals surface area contributed by atoms with Gasteiger partial charge in [0.05, 0.1) is 13.5 Å². The number of amides is 1. The van der Waals surface area contributed by atoms with Gasteiger partial charge < -0.3 is 14.4 Å². The van der Waals surface area contributed by atoms with Gasteiger partial charge >= 0.3 is 0 Å². The Labute approximate surface area is 113 Å². The Morgan fingerprint density at radius 3 is 2.79 bits per heavy atom. The Hall–Kier alpha value is -1.84. The van der Waals surface area contributed by atoms with Crippen LogP contribution in [-0.4, -0.2) is 37.3 Å². The third-order valence-electron chi connectivity index (χ3n) is 3.52. The average Bonchev–Trinajstić information content (AvgIpc) is 2.48. The zero-order valence-corrected chi connectivity index (χ0v) is 11.2. The van der Waals surface area contributed by atoms with Crippen molar-refractivity contribution in [2.24, 2.45) is 5.92 Å². The maximum absolute atomic E-state index is 12.2. The number of rotatable bonds is 4. The van der Waals surface area contributed by atoms with Crippen LogP contribution in [0.15, 0.2) is 24.3 Å². The van der Waals surface area contributed by atoms with Gasteiger partial charge in [-0.3, -0.25) is 4.79 Å². The third kappa shape index (κ3) is 3.56. The van der Waals surface area contributed by atoms with Crippen LogP contribution < -0.4 is 4.74 Å². The molecule has 1 amide bonds. The number of methoxy groups -OCH3 is 1. The van der Waals surface area contributed by atoms with Gasteiger partial charge in [0.25, 0.3) is 0 Å². The fraction of sp³-hybridized carbons (Fsp3) is 0.467. The molecule has 1 aliphatic rings. The summed E-state index contributed by atoms with van der Waals surface area (Å²) in [5, 5.41) is 0. The zero-order valence-electron chi connectivity index (χ0n) is 11.2. The maximum atomic E-state index is 12.2. The smallest absolute Gasteiger partial charge is 0.227 e. The van der Waals surface area contributed by atoms with Crippen LogP contribution in [0, 0.1) is 5.92 Å². The van der Waals surface area contributed by atoms with Crippen LogP contribution in [0.4, 0.5) is 0 Å². The number of benzene rings is 1. The van der Waals surface area contributed by atoms with Gasteiger partial charge in [-0.05, 0) is 30.5 Å². The molecule has 1 heterocycles. The number of aldehydes is 1. The number of ether oxygens (including phenoxy) is 1. The minimum Gasteiger partial charge on any atom is -0.497 e. The largest absolute Gasteiger partial charge is 0.497 e. The van der Waals surface area contributed by atoms with Crippen LogP contribution >= 0.6 is 0 Å². The number of carbonyl (C=O) groups excluding carboxylic acids is 2. The second-order valence-electron chi connectivity index (χ2n) is 4.90. The van der Waals surface area contributed by atoms with Crippen molar-refractivity contribution in [1.29, 1.82) is 0 Å². The van der Waals surface area contributed by atoms with Gasteiger partial charge in [-0.25, -0.2) is 0 Å². The van der Waals surface area contributed by atoms with E-state index in [1.807, 2.05) is 24.3 Å². The summed E-state index contributed by atoms with van der Waals surface area (Å²) in [7, 11) is 1.62. The van der Waals surface area contributed by atoms with Crippen molar-refractivity contribution in [3.63, 3.8) is 0 Å². The molecule has 4 nitrogen and oxygen atoms in total. The highest BCUT2D eigenvalue weighted by molar-refractivity contribution is 5.79. The molecule has 1 saturated heterocycles. The number of piperidine rings is 1. The van der Waals surface area contributed by atoms with Crippen LogP contribution in [0.25, 0.3) is 0 Å². The second kappa shape index (κ2) is 6.36. The molecule has 0 N–H and O–H groups in total. The molecule has 1 aliphatic heterocycles. The normalized spacial score (nSPS) is 19.0. The molecule has 0 saturated carbocycles. The van der Waals surface area contributed by atoms with E-state index in [2.05, 4.69) is 0 Å². The summed E-state index contributed by atoms with van der Waals surface area (Å²) < 4.78 is 5.08. The Morgan fingerprint density at radius 1 is 1.42 bits per heavy atom. The van der Waals surface area contributed by atoms with Gasteiger partial charge in [0, 0.05) is 19.0 Å². The van der Waals surface area contributed by atoms with Gasteiger partial charge in [-0.1, -0.05) is 12.1 Å². The monoisotopic (exact) mass is 261 g/mol. The Kier molecular flexibility index (Phi) is 4.55. The number of nitrogens with zero attached hydrogens (tertiary/aromatic N) is 1. The van der Waals surface area contributed by atoms with E-state index in [1.165, 1.54) is 0 Å². The third-order valence-corrected chi connectivity index (χ3v) is 3.52. The van der Waals surface area contributed by atoms with Gasteiger partial charge in [-0.15, -0.1) is 0 Å². The minimum absolute atomic E-state index is 0.00793. The van der Waals surface area contributed by atoms with Crippen LogP contribution in [-0.2, 0) is 16.0 Å². The maximum Gasteiger partial charge on any atom is 0.227 e. The van der Waals surface area contributed by atoms with Crippen molar-refractivity contribution in [2.45, 2.75) is 19.3 Å². The SMILES string of the molecule is COc1ccc(CC(=O)N2CCCC(C=O)C2)cc1. The van der Waals surface area contributed by atoms with Crippen molar-refractivity contribution in [3.05, 3.63) is 29.8 Å². The van der Waals surface area contributed by atoms with Crippen molar-refractivity contribution >= 4 is 12.2 Å². The van der Waals surface area contributed by atoms with Crippen molar-refractivity contribution in [1.82, 2.24) is 4.90 Å². The first-order valence-electron chi connectivity index (χ1n) is 6.59. The Balaban J connectivity index is 1.94. The first kappa shape index (κ1) is 13.6. The van der Waals surface area contributed by atoms with E-state index < -0.39 is 0 Å². The molecule has 1 atom stereocenters. The fourth-order valence-corrected chi connectivity index (χ4v) is 2.38. The van der Waals surface area contributed by atoms with E-state index in [-0.39, 0.29) is 11.8 Å². The number of carbonyl (C=O) groups is 2. The average molecular weight is 261 g/mol. The van der Waals surface area contributed by atoms with Crippen molar-refractivity contribution in [3.8, 4) is 5.75 Å². The summed E-state index contributed by atoms with van der Waals surface area (Å²) in [5.74, 6) is 0.889. The molecule has 4 heteroatoms. The van der Waals surface area contributed by atoms with Crippen LogP contribution in [0.2, 0.25) is 0 Å². The standard InChI is InChI=1S/C15H19NO3/c1-19-14-6-4-12(5-7-14)9-15(18)16-8-2-3-13(10-16)11-17/h4-7,11,13H,2-3,8-10H2,1H3. The van der Waals surface area contributed by atoms with Gasteiger partial charge in [0.2, 0.25) is 5.91 Å². The van der Waals surface area contributed by atoms with E-state index >= 15 is 0 Å². The van der Waals surface area contributed by atoms with E-state index in [9.17, 15) is 9.59 Å². The summed E-state index contributed by atoms with van der Waals surface area (Å²) in [6.45, 7) is 1.33. The lowest BCUT2D eigenvalue weighted by molar-refractivity contribution is -0.132. The molecule has 2 rings (SSSR count).